The van der Waals surface area contributed by atoms with Gasteiger partial charge >= 0.3 is 0 Å². The first-order valence-electron chi connectivity index (χ1n) is 12.7. The van der Waals surface area contributed by atoms with Gasteiger partial charge in [0.25, 0.3) is 0 Å². The SMILES string of the molecule is COOC(C)C(=C1Sc2c(OC)c3c(c(OC)c2S1)SC(=C(C#N)S(=O)(=O)c1ccc(C(C)C)cc1)S3)C(C)OOC. The summed E-state index contributed by atoms with van der Waals surface area (Å²) in [5.41, 5.74) is 1.82. The smallest absolute Gasteiger partial charge is 0.218 e. The first kappa shape index (κ1) is 33.1. The topological polar surface area (TPSA) is 113 Å². The number of nitrogens with zero attached hydrogens (tertiary/aromatic N) is 1. The maximum Gasteiger partial charge on any atom is 0.218 e. The Labute approximate surface area is 263 Å². The monoisotopic (exact) mass is 669 g/mol. The van der Waals surface area contributed by atoms with Gasteiger partial charge in [-0.2, -0.15) is 5.26 Å². The molecule has 2 unspecified atom stereocenters. The summed E-state index contributed by atoms with van der Waals surface area (Å²) in [4.78, 5) is 23.5. The van der Waals surface area contributed by atoms with Crippen molar-refractivity contribution in [1.82, 2.24) is 0 Å². The van der Waals surface area contributed by atoms with Crippen LogP contribution in [-0.2, 0) is 29.4 Å². The Bertz CT molecular complexity index is 1500. The minimum atomic E-state index is -4.07. The molecule has 0 amide bonds. The largest absolute Gasteiger partial charge is 0.494 e. The molecular weight excluding hydrogens is 639 g/mol. The van der Waals surface area contributed by atoms with Crippen LogP contribution in [0.3, 0.4) is 0 Å². The third kappa shape index (κ3) is 6.22. The molecule has 2 heterocycles. The summed E-state index contributed by atoms with van der Waals surface area (Å²) in [7, 11) is 1.94. The van der Waals surface area contributed by atoms with Crippen molar-refractivity contribution in [2.24, 2.45) is 0 Å². The highest BCUT2D eigenvalue weighted by Crippen LogP contribution is 2.68. The molecule has 42 heavy (non-hydrogen) atoms. The second-order valence-electron chi connectivity index (χ2n) is 9.30. The number of nitriles is 1. The number of benzene rings is 2. The molecule has 0 bridgehead atoms. The van der Waals surface area contributed by atoms with Crippen LogP contribution in [0, 0.1) is 11.3 Å². The Balaban J connectivity index is 1.81. The van der Waals surface area contributed by atoms with Gasteiger partial charge in [-0.15, -0.1) is 0 Å². The van der Waals surface area contributed by atoms with Gasteiger partial charge in [-0.1, -0.05) is 73.0 Å². The van der Waals surface area contributed by atoms with Gasteiger partial charge in [-0.3, -0.25) is 0 Å². The molecule has 0 radical (unpaired) electrons. The van der Waals surface area contributed by atoms with E-state index in [4.69, 9.17) is 29.0 Å². The number of ether oxygens (including phenoxy) is 2. The molecule has 2 atom stereocenters. The Morgan fingerprint density at radius 2 is 1.17 bits per heavy atom. The molecule has 0 saturated heterocycles. The molecule has 0 spiro atoms. The Hall–Kier alpha value is -1.80. The Morgan fingerprint density at radius 3 is 1.52 bits per heavy atom. The summed E-state index contributed by atoms with van der Waals surface area (Å²) in [5, 5.41) is 10.1. The van der Waals surface area contributed by atoms with Crippen LogP contribution in [0.2, 0.25) is 0 Å². The van der Waals surface area contributed by atoms with Crippen LogP contribution in [-0.4, -0.2) is 49.1 Å². The van der Waals surface area contributed by atoms with Gasteiger partial charge in [0, 0.05) is 5.57 Å². The number of thioether (sulfide) groups is 4. The lowest BCUT2D eigenvalue weighted by Gasteiger charge is -2.21. The average molecular weight is 670 g/mol. The second kappa shape index (κ2) is 13.9. The second-order valence-corrected chi connectivity index (χ2v) is 15.8. The van der Waals surface area contributed by atoms with E-state index in [1.165, 1.54) is 61.3 Å². The van der Waals surface area contributed by atoms with E-state index in [2.05, 4.69) is 0 Å². The predicted molar refractivity (Wildman–Crippen MR) is 165 cm³/mol. The van der Waals surface area contributed by atoms with Gasteiger partial charge in [-0.05, 0) is 37.5 Å². The molecule has 9 nitrogen and oxygen atoms in total. The van der Waals surface area contributed by atoms with Crippen LogP contribution in [0.15, 0.2) is 67.7 Å². The molecule has 0 aliphatic carbocycles. The number of hydrogen-bond donors (Lipinski definition) is 0. The molecule has 0 aromatic heterocycles. The van der Waals surface area contributed by atoms with Gasteiger partial charge in [-0.25, -0.2) is 28.0 Å². The van der Waals surface area contributed by atoms with Gasteiger partial charge in [0.05, 0.1) is 61.4 Å². The maximum absolute atomic E-state index is 13.6. The Morgan fingerprint density at radius 1 is 0.738 bits per heavy atom. The van der Waals surface area contributed by atoms with E-state index in [9.17, 15) is 13.7 Å². The Kier molecular flexibility index (Phi) is 10.9. The number of fused-ring (bicyclic) bond motifs is 2. The van der Waals surface area contributed by atoms with Crippen molar-refractivity contribution in [2.45, 2.75) is 70.3 Å². The fourth-order valence-corrected chi connectivity index (χ4v) is 12.1. The number of allylic oxidation sites excluding steroid dienone is 1. The third-order valence-electron chi connectivity index (χ3n) is 6.43. The zero-order chi connectivity index (χ0) is 30.8. The highest BCUT2D eigenvalue weighted by atomic mass is 32.2. The third-order valence-corrected chi connectivity index (χ3v) is 13.7. The lowest BCUT2D eigenvalue weighted by molar-refractivity contribution is -0.313. The number of rotatable bonds is 11. The van der Waals surface area contributed by atoms with E-state index in [0.717, 1.165) is 25.2 Å². The molecule has 0 saturated carbocycles. The molecular formula is C28H31NO8S5. The first-order chi connectivity index (χ1) is 20.0. The van der Waals surface area contributed by atoms with Crippen molar-refractivity contribution >= 4 is 56.9 Å². The molecule has 2 aromatic carbocycles. The van der Waals surface area contributed by atoms with Gasteiger partial charge in [0.15, 0.2) is 4.91 Å². The average Bonchev–Trinajstić information content (AvgIpc) is 3.57. The van der Waals surface area contributed by atoms with E-state index in [-0.39, 0.29) is 15.7 Å². The minimum Gasteiger partial charge on any atom is -0.494 e. The molecule has 4 rings (SSSR count). The van der Waals surface area contributed by atoms with Crippen molar-refractivity contribution in [3.8, 4) is 17.6 Å². The van der Waals surface area contributed by atoms with E-state index in [1.54, 1.807) is 38.5 Å². The fourth-order valence-electron chi connectivity index (χ4n) is 4.40. The van der Waals surface area contributed by atoms with Crippen LogP contribution in [0.25, 0.3) is 0 Å². The summed E-state index contributed by atoms with van der Waals surface area (Å²) < 4.78 is 40.3. The van der Waals surface area contributed by atoms with Crippen LogP contribution >= 0.6 is 47.0 Å². The van der Waals surface area contributed by atoms with Crippen LogP contribution in [0.1, 0.15) is 39.2 Å². The molecule has 2 aromatic rings. The van der Waals surface area contributed by atoms with Crippen LogP contribution in [0.4, 0.5) is 0 Å². The quantitative estimate of drug-likeness (QED) is 0.134. The zero-order valence-electron chi connectivity index (χ0n) is 24.3. The van der Waals surface area contributed by atoms with Gasteiger partial charge < -0.3 is 9.47 Å². The molecule has 14 heteroatoms. The number of methoxy groups -OCH3 is 2. The van der Waals surface area contributed by atoms with E-state index in [1.807, 2.05) is 33.8 Å². The lowest BCUT2D eigenvalue weighted by Crippen LogP contribution is -2.23. The molecule has 0 N–H and O–H groups in total. The highest BCUT2D eigenvalue weighted by Gasteiger charge is 2.40. The van der Waals surface area contributed by atoms with Crippen molar-refractivity contribution in [2.75, 3.05) is 28.4 Å². The van der Waals surface area contributed by atoms with E-state index in [0.29, 0.717) is 25.5 Å². The minimum absolute atomic E-state index is 0.0720. The van der Waals surface area contributed by atoms with Crippen LogP contribution in [0.5, 0.6) is 11.5 Å². The lowest BCUT2D eigenvalue weighted by atomic mass is 10.0. The normalized spacial score (nSPS) is 15.7. The maximum atomic E-state index is 13.6. The molecule has 2 aliphatic rings. The summed E-state index contributed by atoms with van der Waals surface area (Å²) in [6.07, 6.45) is -0.908. The van der Waals surface area contributed by atoms with Crippen molar-refractivity contribution in [3.05, 3.63) is 48.8 Å². The highest BCUT2D eigenvalue weighted by molar-refractivity contribution is 8.26. The van der Waals surface area contributed by atoms with E-state index >= 15 is 0 Å². The first-order valence-corrected chi connectivity index (χ1v) is 17.4. The van der Waals surface area contributed by atoms with E-state index < -0.39 is 22.0 Å². The van der Waals surface area contributed by atoms with Crippen LogP contribution < -0.4 is 9.47 Å². The number of sulfone groups is 1. The fraction of sp³-hybridized carbons (Fsp3) is 0.393. The van der Waals surface area contributed by atoms with Crippen molar-refractivity contribution < 1.29 is 37.4 Å². The number of hydrogen-bond acceptors (Lipinski definition) is 13. The van der Waals surface area contributed by atoms with Crippen molar-refractivity contribution in [3.63, 3.8) is 0 Å². The standard InChI is InChI=1S/C28H31NO8S5/c1-14(2)17-9-11-18(12-10-17)42(30,31)19(13-29)27-38-23-21(32-5)25-26(22(33-6)24(23)39-27)41-28(40-25)20(15(3)36-34-7)16(4)37-35-8/h9-12,14-16H,1-8H3. The van der Waals surface area contributed by atoms with Gasteiger partial charge in [0.2, 0.25) is 9.84 Å². The summed E-state index contributed by atoms with van der Waals surface area (Å²) in [6.45, 7) is 7.77. The van der Waals surface area contributed by atoms with Gasteiger partial charge in [0.1, 0.15) is 29.8 Å². The summed E-state index contributed by atoms with van der Waals surface area (Å²) in [6, 6.07) is 8.62. The predicted octanol–water partition coefficient (Wildman–Crippen LogP) is 7.53. The molecule has 2 aliphatic heterocycles. The zero-order valence-corrected chi connectivity index (χ0v) is 28.4. The van der Waals surface area contributed by atoms with Crippen molar-refractivity contribution in [1.29, 1.82) is 5.26 Å². The molecule has 226 valence electrons. The summed E-state index contributed by atoms with van der Waals surface area (Å²) in [5.74, 6) is 1.38. The molecule has 0 fully saturated rings. The summed E-state index contributed by atoms with van der Waals surface area (Å²) >= 11 is 5.31.